The van der Waals surface area contributed by atoms with E-state index in [1.165, 1.54) is 161 Å². The fourth-order valence-corrected chi connectivity index (χ4v) is 7.63. The van der Waals surface area contributed by atoms with Crippen molar-refractivity contribution in [1.82, 2.24) is 0 Å². The molecule has 0 aliphatic rings. The van der Waals surface area contributed by atoms with Gasteiger partial charge in [0, 0.05) is 19.3 Å². The first-order chi connectivity index (χ1) is 30.5. The minimum atomic E-state index is -0.804. The summed E-state index contributed by atoms with van der Waals surface area (Å²) in [5, 5.41) is 0. The zero-order valence-electron chi connectivity index (χ0n) is 41.1. The van der Waals surface area contributed by atoms with E-state index in [2.05, 4.69) is 57.2 Å². The molecular weight excluding hydrogens is 769 g/mol. The summed E-state index contributed by atoms with van der Waals surface area (Å²) < 4.78 is 16.6. The predicted octanol–water partition coefficient (Wildman–Crippen LogP) is 17.5. The second kappa shape index (κ2) is 51.0. The van der Waals surface area contributed by atoms with Crippen LogP contribution in [-0.4, -0.2) is 37.2 Å². The molecule has 0 fully saturated rings. The minimum absolute atomic E-state index is 0.0989. The van der Waals surface area contributed by atoms with Crippen LogP contribution >= 0.6 is 0 Å². The van der Waals surface area contributed by atoms with Gasteiger partial charge in [-0.2, -0.15) is 0 Å². The van der Waals surface area contributed by atoms with Crippen LogP contribution in [0.4, 0.5) is 0 Å². The quantitative estimate of drug-likeness (QED) is 0.0262. The lowest BCUT2D eigenvalue weighted by molar-refractivity contribution is -0.166. The Balaban J connectivity index is 4.09. The van der Waals surface area contributed by atoms with Gasteiger partial charge in [0.05, 0.1) is 0 Å². The Morgan fingerprint density at radius 3 is 0.952 bits per heavy atom. The topological polar surface area (TPSA) is 78.9 Å². The van der Waals surface area contributed by atoms with Crippen molar-refractivity contribution in [3.8, 4) is 0 Å². The van der Waals surface area contributed by atoms with Gasteiger partial charge in [-0.25, -0.2) is 0 Å². The summed E-state index contributed by atoms with van der Waals surface area (Å²) in [6.07, 6.45) is 61.6. The van der Waals surface area contributed by atoms with Crippen molar-refractivity contribution in [3.05, 3.63) is 48.6 Å². The number of unbranched alkanes of at least 4 members (excludes halogenated alkanes) is 29. The van der Waals surface area contributed by atoms with Crippen LogP contribution in [0.5, 0.6) is 0 Å². The third kappa shape index (κ3) is 48.4. The van der Waals surface area contributed by atoms with Crippen molar-refractivity contribution in [2.75, 3.05) is 13.2 Å². The summed E-state index contributed by atoms with van der Waals surface area (Å²) >= 11 is 0. The molecule has 0 aromatic rings. The third-order valence-electron chi connectivity index (χ3n) is 11.6. The van der Waals surface area contributed by atoms with Crippen LogP contribution in [0.3, 0.4) is 0 Å². The molecule has 0 aliphatic heterocycles. The summed E-state index contributed by atoms with van der Waals surface area (Å²) in [5.41, 5.74) is 0. The smallest absolute Gasteiger partial charge is 0.306 e. The normalized spacial score (nSPS) is 12.4. The lowest BCUT2D eigenvalue weighted by atomic mass is 10.0. The first-order valence-electron chi connectivity index (χ1n) is 26.6. The Kier molecular flexibility index (Phi) is 48.8. The van der Waals surface area contributed by atoms with E-state index in [-0.39, 0.29) is 37.5 Å². The van der Waals surface area contributed by atoms with Gasteiger partial charge in [-0.1, -0.05) is 256 Å². The van der Waals surface area contributed by atoms with Gasteiger partial charge in [0.1, 0.15) is 13.2 Å². The molecule has 0 aromatic carbocycles. The van der Waals surface area contributed by atoms with Crippen molar-refractivity contribution < 1.29 is 28.6 Å². The summed E-state index contributed by atoms with van der Waals surface area (Å²) in [5.74, 6) is -0.984. The van der Waals surface area contributed by atoms with Gasteiger partial charge in [0.25, 0.3) is 0 Å². The summed E-state index contributed by atoms with van der Waals surface area (Å²) in [4.78, 5) is 37.6. The molecule has 1 unspecified atom stereocenters. The van der Waals surface area contributed by atoms with Crippen LogP contribution in [-0.2, 0) is 28.6 Å². The fraction of sp³-hybridized carbons (Fsp3) is 0.804. The van der Waals surface area contributed by atoms with E-state index < -0.39 is 6.10 Å². The standard InChI is InChI=1S/C56H100O6/c1-4-7-10-13-16-18-20-22-23-24-25-26-27-28-29-30-31-32-33-35-36-38-40-43-46-49-55(58)61-52-53(51-60-54(57)48-45-42-15-12-9-6-3)62-56(59)50-47-44-41-39-37-34-21-19-17-14-11-8-5-2/h8,11,17,19,34,37,41,44,53H,4-7,9-10,12-16,18,20-33,35-36,38-40,42-43,45-52H2,1-3H3/b11-8-,19-17-,37-34-,44-41-. The van der Waals surface area contributed by atoms with Gasteiger partial charge in [0.15, 0.2) is 6.10 Å². The molecule has 0 radical (unpaired) electrons. The number of hydrogen-bond acceptors (Lipinski definition) is 6. The second-order valence-electron chi connectivity index (χ2n) is 17.8. The molecule has 0 N–H and O–H groups in total. The van der Waals surface area contributed by atoms with E-state index in [9.17, 15) is 14.4 Å². The maximum atomic E-state index is 12.7. The molecular formula is C56H100O6. The zero-order valence-corrected chi connectivity index (χ0v) is 41.1. The molecule has 360 valence electrons. The number of ether oxygens (including phenoxy) is 3. The number of rotatable bonds is 48. The molecule has 0 aromatic heterocycles. The zero-order chi connectivity index (χ0) is 45.1. The van der Waals surface area contributed by atoms with Crippen molar-refractivity contribution >= 4 is 17.9 Å². The molecule has 0 aliphatic carbocycles. The first-order valence-corrected chi connectivity index (χ1v) is 26.6. The van der Waals surface area contributed by atoms with Crippen molar-refractivity contribution in [2.45, 2.75) is 277 Å². The van der Waals surface area contributed by atoms with Crippen LogP contribution < -0.4 is 0 Å². The van der Waals surface area contributed by atoms with Gasteiger partial charge in [-0.05, 0) is 44.9 Å². The number of carbonyl (C=O) groups excluding carboxylic acids is 3. The molecule has 62 heavy (non-hydrogen) atoms. The van der Waals surface area contributed by atoms with Crippen molar-refractivity contribution in [3.63, 3.8) is 0 Å². The monoisotopic (exact) mass is 869 g/mol. The third-order valence-corrected chi connectivity index (χ3v) is 11.6. The van der Waals surface area contributed by atoms with E-state index in [0.29, 0.717) is 19.3 Å². The SMILES string of the molecule is CC/C=C\C/C=C\C/C=C\C/C=C\CCC(=O)OC(COC(=O)CCCCCCCC)COC(=O)CCCCCCCCCCCCCCCCCCCCCCCCCCC. The highest BCUT2D eigenvalue weighted by atomic mass is 16.6. The van der Waals surface area contributed by atoms with Crippen molar-refractivity contribution in [2.24, 2.45) is 0 Å². The average Bonchev–Trinajstić information content (AvgIpc) is 3.27. The highest BCUT2D eigenvalue weighted by molar-refractivity contribution is 5.71. The number of carbonyl (C=O) groups is 3. The Morgan fingerprint density at radius 2 is 0.629 bits per heavy atom. The maximum Gasteiger partial charge on any atom is 0.306 e. The first kappa shape index (κ1) is 59.4. The van der Waals surface area contributed by atoms with Gasteiger partial charge in [-0.3, -0.25) is 14.4 Å². The molecule has 0 saturated heterocycles. The van der Waals surface area contributed by atoms with Crippen LogP contribution in [0, 0.1) is 0 Å². The summed E-state index contributed by atoms with van der Waals surface area (Å²) in [6.45, 7) is 6.42. The van der Waals surface area contributed by atoms with Crippen molar-refractivity contribution in [1.29, 1.82) is 0 Å². The molecule has 0 heterocycles. The number of hydrogen-bond donors (Lipinski definition) is 0. The Bertz CT molecular complexity index is 1090. The van der Waals surface area contributed by atoms with E-state index >= 15 is 0 Å². The average molecular weight is 869 g/mol. The van der Waals surface area contributed by atoms with E-state index in [1.807, 2.05) is 12.2 Å². The lowest BCUT2D eigenvalue weighted by Crippen LogP contribution is -2.30. The highest BCUT2D eigenvalue weighted by Gasteiger charge is 2.19. The molecule has 1 atom stereocenters. The Morgan fingerprint density at radius 1 is 0.339 bits per heavy atom. The molecule has 0 spiro atoms. The van der Waals surface area contributed by atoms with E-state index in [4.69, 9.17) is 14.2 Å². The highest BCUT2D eigenvalue weighted by Crippen LogP contribution is 2.17. The van der Waals surface area contributed by atoms with Gasteiger partial charge >= 0.3 is 17.9 Å². The molecule has 6 nitrogen and oxygen atoms in total. The number of allylic oxidation sites excluding steroid dienone is 8. The van der Waals surface area contributed by atoms with Crippen LogP contribution in [0.25, 0.3) is 0 Å². The van der Waals surface area contributed by atoms with Crippen LogP contribution in [0.2, 0.25) is 0 Å². The Labute approximate surface area is 384 Å². The summed E-state index contributed by atoms with van der Waals surface area (Å²) in [7, 11) is 0. The van der Waals surface area contributed by atoms with Gasteiger partial charge in [0.2, 0.25) is 0 Å². The lowest BCUT2D eigenvalue weighted by Gasteiger charge is -2.18. The van der Waals surface area contributed by atoms with Gasteiger partial charge < -0.3 is 14.2 Å². The Hall–Kier alpha value is -2.63. The van der Waals surface area contributed by atoms with Crippen LogP contribution in [0.1, 0.15) is 271 Å². The molecule has 0 rings (SSSR count). The second-order valence-corrected chi connectivity index (χ2v) is 17.8. The molecule has 6 heteroatoms. The molecule has 0 saturated carbocycles. The summed E-state index contributed by atoms with van der Waals surface area (Å²) in [6, 6.07) is 0. The van der Waals surface area contributed by atoms with E-state index in [1.54, 1.807) is 0 Å². The molecule has 0 bridgehead atoms. The van der Waals surface area contributed by atoms with E-state index in [0.717, 1.165) is 64.2 Å². The van der Waals surface area contributed by atoms with Gasteiger partial charge in [-0.15, -0.1) is 0 Å². The predicted molar refractivity (Wildman–Crippen MR) is 265 cm³/mol. The van der Waals surface area contributed by atoms with Crippen LogP contribution in [0.15, 0.2) is 48.6 Å². The molecule has 0 amide bonds. The largest absolute Gasteiger partial charge is 0.462 e. The minimum Gasteiger partial charge on any atom is -0.462 e. The number of esters is 3. The fourth-order valence-electron chi connectivity index (χ4n) is 7.63. The maximum absolute atomic E-state index is 12.7.